The van der Waals surface area contributed by atoms with Crippen molar-refractivity contribution in [3.63, 3.8) is 0 Å². The van der Waals surface area contributed by atoms with E-state index in [-0.39, 0.29) is 29.5 Å². The second kappa shape index (κ2) is 16.5. The maximum atomic E-state index is 13.7. The molecule has 2 aromatic rings. The maximum absolute atomic E-state index is 13.7. The highest BCUT2D eigenvalue weighted by Gasteiger charge is 2.25. The quantitative estimate of drug-likeness (QED) is 0.175. The molecule has 1 atom stereocenters. The molecule has 0 spiro atoms. The van der Waals surface area contributed by atoms with Gasteiger partial charge in [-0.25, -0.2) is 0 Å². The molecule has 1 aromatic carbocycles. The Kier molecular flexibility index (Phi) is 13.0. The molecule has 1 aliphatic heterocycles. The fraction of sp³-hybridized carbons (Fsp3) is 0.571. The van der Waals surface area contributed by atoms with Gasteiger partial charge < -0.3 is 30.0 Å². The Hall–Kier alpha value is -3.61. The number of ether oxygens (including phenoxy) is 2. The fourth-order valence-electron chi connectivity index (χ4n) is 5.59. The van der Waals surface area contributed by atoms with Gasteiger partial charge in [0.2, 0.25) is 6.41 Å². The minimum atomic E-state index is -0.250. The largest absolute Gasteiger partial charge is 0.381 e. The van der Waals surface area contributed by atoms with E-state index < -0.39 is 0 Å². The van der Waals surface area contributed by atoms with Crippen LogP contribution in [0.15, 0.2) is 23.0 Å². The number of H-pyrrole nitrogens is 1. The molecule has 1 aliphatic rings. The molecule has 1 aromatic heterocycles. The number of aryl methyl sites for hydroxylation is 2. The molecule has 2 amide bonds. The molecule has 44 heavy (non-hydrogen) atoms. The minimum Gasteiger partial charge on any atom is -0.381 e. The lowest BCUT2D eigenvalue weighted by Crippen LogP contribution is -2.40. The molecule has 9 heteroatoms. The fourth-order valence-corrected chi connectivity index (χ4v) is 5.59. The van der Waals surface area contributed by atoms with Gasteiger partial charge in [0, 0.05) is 79.5 Å². The first kappa shape index (κ1) is 34.9. The predicted molar refractivity (Wildman–Crippen MR) is 175 cm³/mol. The third-order valence-corrected chi connectivity index (χ3v) is 7.97. The molecule has 0 saturated carbocycles. The van der Waals surface area contributed by atoms with Gasteiger partial charge in [0.15, 0.2) is 0 Å². The van der Waals surface area contributed by atoms with E-state index in [4.69, 9.17) is 9.47 Å². The average Bonchev–Trinajstić information content (AvgIpc) is 2.96. The van der Waals surface area contributed by atoms with Crippen molar-refractivity contribution in [3.8, 4) is 11.8 Å². The van der Waals surface area contributed by atoms with E-state index >= 15 is 0 Å². The first-order chi connectivity index (χ1) is 20.9. The van der Waals surface area contributed by atoms with Gasteiger partial charge in [-0.3, -0.25) is 14.4 Å². The summed E-state index contributed by atoms with van der Waals surface area (Å²) in [6.45, 7) is 17.3. The lowest BCUT2D eigenvalue weighted by atomic mass is 9.97. The summed E-state index contributed by atoms with van der Waals surface area (Å²) < 4.78 is 11.6. The van der Waals surface area contributed by atoms with E-state index in [1.54, 1.807) is 0 Å². The van der Waals surface area contributed by atoms with Crippen LogP contribution in [0.5, 0.6) is 0 Å². The third-order valence-electron chi connectivity index (χ3n) is 7.97. The summed E-state index contributed by atoms with van der Waals surface area (Å²) >= 11 is 0. The van der Waals surface area contributed by atoms with Crippen molar-refractivity contribution in [2.24, 2.45) is 5.92 Å². The van der Waals surface area contributed by atoms with Gasteiger partial charge in [0.25, 0.3) is 11.5 Å². The van der Waals surface area contributed by atoms with Gasteiger partial charge >= 0.3 is 0 Å². The van der Waals surface area contributed by atoms with Crippen LogP contribution in [0.1, 0.15) is 91.7 Å². The highest BCUT2D eigenvalue weighted by atomic mass is 16.5. The monoisotopic (exact) mass is 606 g/mol. The lowest BCUT2D eigenvalue weighted by molar-refractivity contribution is -0.109. The zero-order chi connectivity index (χ0) is 32.3. The van der Waals surface area contributed by atoms with Crippen LogP contribution in [0, 0.1) is 38.5 Å². The van der Waals surface area contributed by atoms with Crippen LogP contribution < -0.4 is 21.1 Å². The average molecular weight is 607 g/mol. The van der Waals surface area contributed by atoms with Crippen LogP contribution >= 0.6 is 0 Å². The number of aromatic nitrogens is 1. The van der Waals surface area contributed by atoms with Crippen molar-refractivity contribution in [1.82, 2.24) is 15.6 Å². The molecule has 240 valence electrons. The van der Waals surface area contributed by atoms with Crippen molar-refractivity contribution in [1.29, 1.82) is 0 Å². The molecule has 3 rings (SSSR count). The summed E-state index contributed by atoms with van der Waals surface area (Å²) in [4.78, 5) is 42.3. The number of carbonyl (C=O) groups is 2. The van der Waals surface area contributed by atoms with E-state index in [2.05, 4.69) is 45.3 Å². The summed E-state index contributed by atoms with van der Waals surface area (Å²) in [7, 11) is 0. The summed E-state index contributed by atoms with van der Waals surface area (Å²) in [6, 6.07) is 6.14. The van der Waals surface area contributed by atoms with Gasteiger partial charge in [-0.15, -0.1) is 0 Å². The van der Waals surface area contributed by atoms with E-state index in [1.807, 2.05) is 53.7 Å². The normalized spacial score (nSPS) is 14.3. The standard InChI is InChI=1S/C35H50N4O5/c1-8-39(29-13-16-43-17-14-29)32-21-28(10-9-27(11-15-36-23-40)12-18-44-35(5,6)7)20-30(26(32)4)33(41)37-22-31-24(2)19-25(3)38-34(31)42/h19-21,23,27,29H,8,11-18,22H2,1-7H3,(H,36,40)(H,37,41)(H,38,42). The molecular weight excluding hydrogens is 556 g/mol. The highest BCUT2D eigenvalue weighted by molar-refractivity contribution is 5.97. The summed E-state index contributed by atoms with van der Waals surface area (Å²) in [5, 5.41) is 5.72. The van der Waals surface area contributed by atoms with E-state index in [0.717, 1.165) is 53.9 Å². The van der Waals surface area contributed by atoms with E-state index in [0.29, 0.717) is 56.4 Å². The highest BCUT2D eigenvalue weighted by Crippen LogP contribution is 2.30. The number of hydrogen-bond acceptors (Lipinski definition) is 6. The number of amides is 2. The number of aromatic amines is 1. The van der Waals surface area contributed by atoms with Crippen LogP contribution in [0.25, 0.3) is 0 Å². The Balaban J connectivity index is 1.98. The van der Waals surface area contributed by atoms with Gasteiger partial charge in [0.1, 0.15) is 0 Å². The van der Waals surface area contributed by atoms with Gasteiger partial charge in [-0.1, -0.05) is 11.8 Å². The minimum absolute atomic E-state index is 0.000777. The molecule has 2 heterocycles. The van der Waals surface area contributed by atoms with Crippen molar-refractivity contribution >= 4 is 18.0 Å². The van der Waals surface area contributed by atoms with Gasteiger partial charge in [0.05, 0.1) is 5.60 Å². The van der Waals surface area contributed by atoms with Crippen LogP contribution in [0.4, 0.5) is 5.69 Å². The molecule has 0 aliphatic carbocycles. The smallest absolute Gasteiger partial charge is 0.253 e. The third kappa shape index (κ3) is 10.2. The Morgan fingerprint density at radius 2 is 1.91 bits per heavy atom. The first-order valence-corrected chi connectivity index (χ1v) is 15.7. The number of benzene rings is 1. The molecule has 0 radical (unpaired) electrons. The van der Waals surface area contributed by atoms with Crippen molar-refractivity contribution in [2.75, 3.05) is 37.8 Å². The zero-order valence-corrected chi connectivity index (χ0v) is 27.5. The maximum Gasteiger partial charge on any atom is 0.253 e. The summed E-state index contributed by atoms with van der Waals surface area (Å²) in [5.41, 5.74) is 4.87. The van der Waals surface area contributed by atoms with Crippen molar-refractivity contribution < 1.29 is 19.1 Å². The van der Waals surface area contributed by atoms with Crippen LogP contribution in [-0.4, -0.2) is 61.9 Å². The second-order valence-corrected chi connectivity index (χ2v) is 12.5. The zero-order valence-electron chi connectivity index (χ0n) is 27.5. The number of hydrogen-bond donors (Lipinski definition) is 3. The summed E-state index contributed by atoms with van der Waals surface area (Å²) in [6.07, 6.45) is 3.96. The molecule has 1 saturated heterocycles. The number of nitrogens with zero attached hydrogens (tertiary/aromatic N) is 1. The molecule has 0 bridgehead atoms. The van der Waals surface area contributed by atoms with Gasteiger partial charge in [-0.05, 0) is 103 Å². The lowest BCUT2D eigenvalue weighted by Gasteiger charge is -2.36. The Labute approximate surface area is 262 Å². The predicted octanol–water partition coefficient (Wildman–Crippen LogP) is 4.54. The molecule has 1 unspecified atom stereocenters. The SMILES string of the molecule is CCN(c1cc(C#CC(CCNC=O)CCOC(C)(C)C)cc(C(=O)NCc2c(C)cc(C)[nH]c2=O)c1C)C1CCOCC1. The number of carbonyl (C=O) groups excluding carboxylic acids is 2. The van der Waals surface area contributed by atoms with Crippen molar-refractivity contribution in [2.45, 2.75) is 92.3 Å². The Morgan fingerprint density at radius 1 is 1.18 bits per heavy atom. The number of anilines is 1. The molecule has 9 nitrogen and oxygen atoms in total. The first-order valence-electron chi connectivity index (χ1n) is 15.7. The number of pyridine rings is 1. The van der Waals surface area contributed by atoms with Crippen LogP contribution in [0.2, 0.25) is 0 Å². The Morgan fingerprint density at radius 3 is 2.55 bits per heavy atom. The van der Waals surface area contributed by atoms with E-state index in [9.17, 15) is 14.4 Å². The molecule has 3 N–H and O–H groups in total. The second-order valence-electron chi connectivity index (χ2n) is 12.5. The Bertz CT molecular complexity index is 1390. The molecular formula is C35H50N4O5. The summed E-state index contributed by atoms with van der Waals surface area (Å²) in [5.74, 6) is 6.51. The van der Waals surface area contributed by atoms with E-state index in [1.165, 1.54) is 0 Å². The van der Waals surface area contributed by atoms with Crippen molar-refractivity contribution in [3.05, 3.63) is 62.1 Å². The number of rotatable bonds is 13. The number of nitrogens with one attached hydrogen (secondary N) is 3. The van der Waals surface area contributed by atoms with Crippen LogP contribution in [-0.2, 0) is 20.8 Å². The van der Waals surface area contributed by atoms with Gasteiger partial charge in [-0.2, -0.15) is 0 Å². The van der Waals surface area contributed by atoms with Crippen LogP contribution in [0.3, 0.4) is 0 Å². The molecule has 1 fully saturated rings. The topological polar surface area (TPSA) is 113 Å².